The van der Waals surface area contributed by atoms with E-state index in [0.29, 0.717) is 19.3 Å². The molecule has 55 heavy (non-hydrogen) atoms. The Morgan fingerprint density at radius 1 is 0.345 bits per heavy atom. The predicted octanol–water partition coefficient (Wildman–Crippen LogP) is 15.4. The summed E-state index contributed by atoms with van der Waals surface area (Å²) in [5.41, 5.74) is 0. The van der Waals surface area contributed by atoms with Crippen LogP contribution >= 0.6 is 0 Å². The molecule has 326 valence electrons. The van der Waals surface area contributed by atoms with Crippen molar-refractivity contribution in [1.29, 1.82) is 0 Å². The van der Waals surface area contributed by atoms with Crippen LogP contribution in [0.25, 0.3) is 0 Å². The van der Waals surface area contributed by atoms with Crippen molar-refractivity contribution >= 4 is 17.9 Å². The summed E-state index contributed by atoms with van der Waals surface area (Å²) < 4.78 is 16.7. The van der Waals surface area contributed by atoms with Gasteiger partial charge in [0.1, 0.15) is 13.2 Å². The lowest BCUT2D eigenvalue weighted by Gasteiger charge is -2.18. The van der Waals surface area contributed by atoms with Crippen LogP contribution in [0, 0.1) is 11.8 Å². The van der Waals surface area contributed by atoms with Crippen LogP contribution in [0.5, 0.6) is 0 Å². The first-order chi connectivity index (χ1) is 26.7. The summed E-state index contributed by atoms with van der Waals surface area (Å²) in [6.07, 6.45) is 41.0. The summed E-state index contributed by atoms with van der Waals surface area (Å²) in [5.74, 6) is 0.713. The topological polar surface area (TPSA) is 78.9 Å². The molecule has 0 radical (unpaired) electrons. The minimum atomic E-state index is -0.761. The molecule has 0 heterocycles. The summed E-state index contributed by atoms with van der Waals surface area (Å²) in [4.78, 5) is 37.8. The minimum absolute atomic E-state index is 0.0655. The molecule has 0 aliphatic heterocycles. The maximum absolute atomic E-state index is 12.7. The van der Waals surface area contributed by atoms with Crippen molar-refractivity contribution in [2.75, 3.05) is 13.2 Å². The van der Waals surface area contributed by atoms with Crippen molar-refractivity contribution in [2.45, 2.75) is 272 Å². The van der Waals surface area contributed by atoms with Gasteiger partial charge in [0, 0.05) is 19.3 Å². The third-order valence-corrected chi connectivity index (χ3v) is 11.0. The molecular formula is C49H94O6. The second-order valence-electron chi connectivity index (χ2n) is 17.7. The van der Waals surface area contributed by atoms with Crippen LogP contribution in [0.3, 0.4) is 0 Å². The summed E-state index contributed by atoms with van der Waals surface area (Å²) in [5, 5.41) is 0. The molecule has 0 aromatic rings. The number of hydrogen-bond donors (Lipinski definition) is 0. The summed E-state index contributed by atoms with van der Waals surface area (Å²) in [7, 11) is 0. The lowest BCUT2D eigenvalue weighted by atomic mass is 10.0. The number of hydrogen-bond acceptors (Lipinski definition) is 6. The molecule has 0 aromatic heterocycles. The van der Waals surface area contributed by atoms with E-state index in [1.165, 1.54) is 154 Å². The number of carbonyl (C=O) groups excluding carboxylic acids is 3. The first kappa shape index (κ1) is 53.4. The average Bonchev–Trinajstić information content (AvgIpc) is 3.15. The zero-order chi connectivity index (χ0) is 40.5. The molecule has 0 amide bonds. The Morgan fingerprint density at radius 3 is 0.891 bits per heavy atom. The van der Waals surface area contributed by atoms with Gasteiger partial charge < -0.3 is 14.2 Å². The fourth-order valence-corrected chi connectivity index (χ4v) is 7.28. The Balaban J connectivity index is 4.29. The van der Waals surface area contributed by atoms with E-state index in [1.54, 1.807) is 0 Å². The molecule has 1 atom stereocenters. The normalized spacial score (nSPS) is 12.1. The molecule has 0 N–H and O–H groups in total. The van der Waals surface area contributed by atoms with E-state index < -0.39 is 6.10 Å². The summed E-state index contributed by atoms with van der Waals surface area (Å²) in [6.45, 7) is 11.3. The second-order valence-corrected chi connectivity index (χ2v) is 17.7. The van der Waals surface area contributed by atoms with Gasteiger partial charge in [-0.2, -0.15) is 0 Å². The molecule has 0 spiro atoms. The molecule has 0 aliphatic carbocycles. The molecule has 0 bridgehead atoms. The van der Waals surface area contributed by atoms with Gasteiger partial charge in [0.2, 0.25) is 0 Å². The van der Waals surface area contributed by atoms with Gasteiger partial charge in [-0.1, -0.05) is 227 Å². The standard InChI is InChI=1S/C49H94O6/c1-6-7-8-9-10-11-12-13-14-15-16-17-20-24-31-36-41-49(52)55-46(43-54-48(51)40-35-30-26-25-28-33-38-45(4)5)42-53-47(50)39-34-29-23-21-18-19-22-27-32-37-44(2)3/h44-46H,6-43H2,1-5H3/t46-/m0/s1. The Kier molecular flexibility index (Phi) is 40.8. The monoisotopic (exact) mass is 779 g/mol. The van der Waals surface area contributed by atoms with E-state index in [9.17, 15) is 14.4 Å². The smallest absolute Gasteiger partial charge is 0.306 e. The van der Waals surface area contributed by atoms with Crippen LogP contribution in [0.15, 0.2) is 0 Å². The van der Waals surface area contributed by atoms with Crippen LogP contribution in [-0.2, 0) is 28.6 Å². The lowest BCUT2D eigenvalue weighted by Crippen LogP contribution is -2.30. The predicted molar refractivity (Wildman–Crippen MR) is 233 cm³/mol. The highest BCUT2D eigenvalue weighted by Gasteiger charge is 2.19. The zero-order valence-corrected chi connectivity index (χ0v) is 37.6. The van der Waals surface area contributed by atoms with Crippen LogP contribution < -0.4 is 0 Å². The quantitative estimate of drug-likeness (QED) is 0.0348. The molecular weight excluding hydrogens is 685 g/mol. The SMILES string of the molecule is CCCCCCCCCCCCCCCCCCC(=O)O[C@@H](COC(=O)CCCCCCCCCCCC(C)C)COC(=O)CCCCCCCCC(C)C. The highest BCUT2D eigenvalue weighted by Crippen LogP contribution is 2.17. The van der Waals surface area contributed by atoms with E-state index in [4.69, 9.17) is 14.2 Å². The average molecular weight is 779 g/mol. The fourth-order valence-electron chi connectivity index (χ4n) is 7.28. The van der Waals surface area contributed by atoms with Crippen molar-refractivity contribution in [3.05, 3.63) is 0 Å². The van der Waals surface area contributed by atoms with E-state index in [2.05, 4.69) is 34.6 Å². The number of ether oxygens (including phenoxy) is 3. The van der Waals surface area contributed by atoms with E-state index in [1.807, 2.05) is 0 Å². The van der Waals surface area contributed by atoms with Gasteiger partial charge in [-0.3, -0.25) is 14.4 Å². The van der Waals surface area contributed by atoms with Gasteiger partial charge in [-0.05, 0) is 31.1 Å². The van der Waals surface area contributed by atoms with Gasteiger partial charge in [0.15, 0.2) is 6.10 Å². The Morgan fingerprint density at radius 2 is 0.600 bits per heavy atom. The highest BCUT2D eigenvalue weighted by atomic mass is 16.6. The Hall–Kier alpha value is -1.59. The van der Waals surface area contributed by atoms with E-state index in [-0.39, 0.29) is 31.1 Å². The molecule has 0 saturated carbocycles. The van der Waals surface area contributed by atoms with Crippen LogP contribution in [0.2, 0.25) is 0 Å². The van der Waals surface area contributed by atoms with Crippen molar-refractivity contribution in [3.8, 4) is 0 Å². The molecule has 6 nitrogen and oxygen atoms in total. The van der Waals surface area contributed by atoms with Crippen LogP contribution in [-0.4, -0.2) is 37.2 Å². The molecule has 0 rings (SSSR count). The van der Waals surface area contributed by atoms with E-state index in [0.717, 1.165) is 69.6 Å². The Bertz CT molecular complexity index is 839. The molecule has 6 heteroatoms. The minimum Gasteiger partial charge on any atom is -0.462 e. The number of unbranched alkanes of at least 4 members (excludes halogenated alkanes) is 28. The van der Waals surface area contributed by atoms with Gasteiger partial charge in [0.05, 0.1) is 0 Å². The zero-order valence-electron chi connectivity index (χ0n) is 37.6. The van der Waals surface area contributed by atoms with Crippen molar-refractivity contribution in [1.82, 2.24) is 0 Å². The molecule has 0 aliphatic rings. The van der Waals surface area contributed by atoms with Gasteiger partial charge in [0.25, 0.3) is 0 Å². The third kappa shape index (κ3) is 43.4. The van der Waals surface area contributed by atoms with Crippen LogP contribution in [0.1, 0.15) is 266 Å². The van der Waals surface area contributed by atoms with E-state index >= 15 is 0 Å². The molecule has 0 saturated heterocycles. The molecule has 0 unspecified atom stereocenters. The Labute approximate surface area is 342 Å². The number of esters is 3. The van der Waals surface area contributed by atoms with Crippen molar-refractivity contribution < 1.29 is 28.6 Å². The fraction of sp³-hybridized carbons (Fsp3) is 0.939. The van der Waals surface area contributed by atoms with Gasteiger partial charge >= 0.3 is 17.9 Å². The van der Waals surface area contributed by atoms with Gasteiger partial charge in [-0.25, -0.2) is 0 Å². The largest absolute Gasteiger partial charge is 0.462 e. The summed E-state index contributed by atoms with van der Waals surface area (Å²) >= 11 is 0. The molecule has 0 fully saturated rings. The first-order valence-corrected chi connectivity index (χ1v) is 24.2. The van der Waals surface area contributed by atoms with Crippen LogP contribution in [0.4, 0.5) is 0 Å². The maximum Gasteiger partial charge on any atom is 0.306 e. The van der Waals surface area contributed by atoms with Gasteiger partial charge in [-0.15, -0.1) is 0 Å². The summed E-state index contributed by atoms with van der Waals surface area (Å²) in [6, 6.07) is 0. The highest BCUT2D eigenvalue weighted by molar-refractivity contribution is 5.71. The maximum atomic E-state index is 12.7. The third-order valence-electron chi connectivity index (χ3n) is 11.0. The molecule has 0 aromatic carbocycles. The van der Waals surface area contributed by atoms with Crippen molar-refractivity contribution in [2.24, 2.45) is 11.8 Å². The second kappa shape index (κ2) is 42.0. The lowest BCUT2D eigenvalue weighted by molar-refractivity contribution is -0.167. The first-order valence-electron chi connectivity index (χ1n) is 24.2. The number of carbonyl (C=O) groups is 3. The number of rotatable bonds is 43. The van der Waals surface area contributed by atoms with Crippen molar-refractivity contribution in [3.63, 3.8) is 0 Å².